The molecule has 0 bridgehead atoms. The van der Waals surface area contributed by atoms with Gasteiger partial charge < -0.3 is 4.52 Å². The third-order valence-electron chi connectivity index (χ3n) is 5.22. The summed E-state index contributed by atoms with van der Waals surface area (Å²) in [6.07, 6.45) is 2.65. The highest BCUT2D eigenvalue weighted by atomic mass is 16.5. The summed E-state index contributed by atoms with van der Waals surface area (Å²) in [5.74, 6) is 2.14. The van der Waals surface area contributed by atoms with Crippen molar-refractivity contribution in [2.24, 2.45) is 5.92 Å². The summed E-state index contributed by atoms with van der Waals surface area (Å²) in [5.41, 5.74) is 3.54. The predicted molar refractivity (Wildman–Crippen MR) is 102 cm³/mol. The average molecular weight is 347 g/mol. The molecule has 1 aliphatic carbocycles. The SMILES string of the molecule is Cc1ccc(-c2noc(CN(Cc3ccccc3)C(C)C3CC3)n2)cc1. The topological polar surface area (TPSA) is 42.2 Å². The van der Waals surface area contributed by atoms with Gasteiger partial charge in [-0.3, -0.25) is 4.90 Å². The second-order valence-electron chi connectivity index (χ2n) is 7.35. The van der Waals surface area contributed by atoms with Crippen molar-refractivity contribution >= 4 is 0 Å². The van der Waals surface area contributed by atoms with Gasteiger partial charge in [-0.05, 0) is 38.2 Å². The second kappa shape index (κ2) is 7.42. The molecule has 0 radical (unpaired) electrons. The number of benzene rings is 2. The van der Waals surface area contributed by atoms with Crippen molar-refractivity contribution in [3.63, 3.8) is 0 Å². The lowest BCUT2D eigenvalue weighted by molar-refractivity contribution is 0.150. The van der Waals surface area contributed by atoms with Crippen molar-refractivity contribution in [3.05, 3.63) is 71.6 Å². The predicted octanol–water partition coefficient (Wildman–Crippen LogP) is 4.85. The fraction of sp³-hybridized carbons (Fsp3) is 0.364. The summed E-state index contributed by atoms with van der Waals surface area (Å²) in [5, 5.41) is 4.18. The van der Waals surface area contributed by atoms with Gasteiger partial charge in [0.2, 0.25) is 11.7 Å². The molecule has 4 heteroatoms. The van der Waals surface area contributed by atoms with Gasteiger partial charge in [0, 0.05) is 18.2 Å². The Morgan fingerprint density at radius 2 is 1.77 bits per heavy atom. The summed E-state index contributed by atoms with van der Waals surface area (Å²) in [4.78, 5) is 7.09. The molecule has 4 nitrogen and oxygen atoms in total. The van der Waals surface area contributed by atoms with E-state index in [-0.39, 0.29) is 0 Å². The second-order valence-corrected chi connectivity index (χ2v) is 7.35. The van der Waals surface area contributed by atoms with Crippen molar-refractivity contribution in [3.8, 4) is 11.4 Å². The van der Waals surface area contributed by atoms with Crippen LogP contribution in [0.3, 0.4) is 0 Å². The first kappa shape index (κ1) is 17.0. The molecule has 0 N–H and O–H groups in total. The van der Waals surface area contributed by atoms with Gasteiger partial charge in [0.25, 0.3) is 0 Å². The van der Waals surface area contributed by atoms with E-state index in [4.69, 9.17) is 4.52 Å². The van der Waals surface area contributed by atoms with E-state index in [1.165, 1.54) is 24.0 Å². The molecule has 1 atom stereocenters. The molecule has 134 valence electrons. The van der Waals surface area contributed by atoms with Gasteiger partial charge in [-0.25, -0.2) is 0 Å². The Morgan fingerprint density at radius 3 is 2.46 bits per heavy atom. The normalized spacial score (nSPS) is 15.3. The van der Waals surface area contributed by atoms with Gasteiger partial charge in [0.05, 0.1) is 6.54 Å². The maximum Gasteiger partial charge on any atom is 0.241 e. The lowest BCUT2D eigenvalue weighted by Crippen LogP contribution is -2.33. The van der Waals surface area contributed by atoms with Gasteiger partial charge in [-0.2, -0.15) is 4.98 Å². The van der Waals surface area contributed by atoms with E-state index in [0.717, 1.165) is 18.0 Å². The first-order valence-electron chi connectivity index (χ1n) is 9.36. The maximum absolute atomic E-state index is 5.57. The van der Waals surface area contributed by atoms with E-state index < -0.39 is 0 Å². The minimum atomic E-state index is 0.518. The van der Waals surface area contributed by atoms with Crippen LogP contribution < -0.4 is 0 Å². The quantitative estimate of drug-likeness (QED) is 0.613. The Bertz CT molecular complexity index is 837. The smallest absolute Gasteiger partial charge is 0.241 e. The monoisotopic (exact) mass is 347 g/mol. The molecule has 1 aliphatic rings. The summed E-state index contributed by atoms with van der Waals surface area (Å²) in [7, 11) is 0. The Morgan fingerprint density at radius 1 is 1.04 bits per heavy atom. The molecule has 0 aliphatic heterocycles. The fourth-order valence-electron chi connectivity index (χ4n) is 3.35. The van der Waals surface area contributed by atoms with Crippen LogP contribution in [0, 0.1) is 12.8 Å². The molecule has 26 heavy (non-hydrogen) atoms. The number of rotatable bonds is 7. The number of hydrogen-bond donors (Lipinski definition) is 0. The highest BCUT2D eigenvalue weighted by Crippen LogP contribution is 2.36. The zero-order valence-electron chi connectivity index (χ0n) is 15.4. The summed E-state index contributed by atoms with van der Waals surface area (Å²) >= 11 is 0. The Labute approximate surface area is 154 Å². The van der Waals surface area contributed by atoms with E-state index in [1.807, 2.05) is 12.1 Å². The highest BCUT2D eigenvalue weighted by molar-refractivity contribution is 5.54. The molecular formula is C22H25N3O. The lowest BCUT2D eigenvalue weighted by atomic mass is 10.1. The van der Waals surface area contributed by atoms with E-state index in [0.29, 0.717) is 24.3 Å². The summed E-state index contributed by atoms with van der Waals surface area (Å²) in [6, 6.07) is 19.3. The van der Waals surface area contributed by atoms with Crippen molar-refractivity contribution < 1.29 is 4.52 Å². The molecule has 1 fully saturated rings. The Kier molecular flexibility index (Phi) is 4.85. The van der Waals surface area contributed by atoms with E-state index in [1.54, 1.807) is 0 Å². The van der Waals surface area contributed by atoms with Crippen LogP contribution >= 0.6 is 0 Å². The molecule has 1 unspecified atom stereocenters. The van der Waals surface area contributed by atoms with E-state index >= 15 is 0 Å². The van der Waals surface area contributed by atoms with Crippen LogP contribution in [-0.2, 0) is 13.1 Å². The summed E-state index contributed by atoms with van der Waals surface area (Å²) < 4.78 is 5.57. The Hall–Kier alpha value is -2.46. The maximum atomic E-state index is 5.57. The van der Waals surface area contributed by atoms with Gasteiger partial charge in [0.15, 0.2) is 0 Å². The van der Waals surface area contributed by atoms with Crippen molar-refractivity contribution in [1.29, 1.82) is 0 Å². The molecule has 1 saturated carbocycles. The minimum Gasteiger partial charge on any atom is -0.338 e. The molecule has 1 aromatic heterocycles. The average Bonchev–Trinajstić information content (AvgIpc) is 3.41. The number of aryl methyl sites for hydroxylation is 1. The third-order valence-corrected chi connectivity index (χ3v) is 5.22. The largest absolute Gasteiger partial charge is 0.338 e. The fourth-order valence-corrected chi connectivity index (χ4v) is 3.35. The third kappa shape index (κ3) is 4.02. The van der Waals surface area contributed by atoms with Crippen molar-refractivity contribution in [2.75, 3.05) is 0 Å². The molecular weight excluding hydrogens is 322 g/mol. The molecule has 2 aromatic carbocycles. The summed E-state index contributed by atoms with van der Waals surface area (Å²) in [6.45, 7) is 5.98. The molecule has 0 amide bonds. The van der Waals surface area contributed by atoms with E-state index in [2.05, 4.69) is 71.4 Å². The van der Waals surface area contributed by atoms with Crippen LogP contribution in [0.4, 0.5) is 0 Å². The van der Waals surface area contributed by atoms with Crippen LogP contribution in [0.15, 0.2) is 59.1 Å². The van der Waals surface area contributed by atoms with Gasteiger partial charge in [-0.1, -0.05) is 65.3 Å². The molecule has 0 spiro atoms. The molecule has 1 heterocycles. The molecule has 4 rings (SSSR count). The highest BCUT2D eigenvalue weighted by Gasteiger charge is 2.32. The standard InChI is InChI=1S/C22H25N3O/c1-16-8-10-20(11-9-16)22-23-21(26-24-22)15-25(17(2)19-12-13-19)14-18-6-4-3-5-7-18/h3-11,17,19H,12-15H2,1-2H3. The van der Waals surface area contributed by atoms with Crippen LogP contribution in [0.5, 0.6) is 0 Å². The first-order chi connectivity index (χ1) is 12.7. The lowest BCUT2D eigenvalue weighted by Gasteiger charge is -2.27. The van der Waals surface area contributed by atoms with Crippen LogP contribution in [0.1, 0.15) is 36.8 Å². The number of hydrogen-bond acceptors (Lipinski definition) is 4. The first-order valence-corrected chi connectivity index (χ1v) is 9.36. The molecule has 0 saturated heterocycles. The van der Waals surface area contributed by atoms with Gasteiger partial charge in [-0.15, -0.1) is 0 Å². The van der Waals surface area contributed by atoms with Crippen LogP contribution in [0.2, 0.25) is 0 Å². The number of aromatic nitrogens is 2. The van der Waals surface area contributed by atoms with Gasteiger partial charge >= 0.3 is 0 Å². The zero-order chi connectivity index (χ0) is 17.9. The minimum absolute atomic E-state index is 0.518. The van der Waals surface area contributed by atoms with Gasteiger partial charge in [0.1, 0.15) is 0 Å². The van der Waals surface area contributed by atoms with E-state index in [9.17, 15) is 0 Å². The number of nitrogens with zero attached hydrogens (tertiary/aromatic N) is 3. The van der Waals surface area contributed by atoms with Crippen molar-refractivity contribution in [1.82, 2.24) is 15.0 Å². The van der Waals surface area contributed by atoms with Crippen LogP contribution in [-0.4, -0.2) is 21.1 Å². The Balaban J connectivity index is 1.51. The zero-order valence-corrected chi connectivity index (χ0v) is 15.4. The van der Waals surface area contributed by atoms with Crippen molar-refractivity contribution in [2.45, 2.75) is 45.8 Å². The molecule has 3 aromatic rings. The van der Waals surface area contributed by atoms with Crippen LogP contribution in [0.25, 0.3) is 11.4 Å².